The molecule has 1 saturated heterocycles. The Kier molecular flexibility index (Phi) is 5.13. The Morgan fingerprint density at radius 3 is 2.86 bits per heavy atom. The second-order valence-corrected chi connectivity index (χ2v) is 7.84. The lowest BCUT2D eigenvalue weighted by atomic mass is 9.92. The SMILES string of the molecule is CCOC(=O)C1=C(N2CC(C)C[C@H](C)C2)O/C(=C\c2c[nH]c3ncccc23)C1=O. The molecule has 4 heterocycles. The van der Waals surface area contributed by atoms with Crippen LogP contribution in [-0.4, -0.2) is 46.3 Å². The number of rotatable bonds is 4. The van der Waals surface area contributed by atoms with Crippen molar-refractivity contribution in [2.45, 2.75) is 27.2 Å². The lowest BCUT2D eigenvalue weighted by Crippen LogP contribution is -2.39. The van der Waals surface area contributed by atoms with Gasteiger partial charge in [0.2, 0.25) is 11.7 Å². The number of allylic oxidation sites excluding steroid dienone is 1. The number of hydrogen-bond donors (Lipinski definition) is 1. The van der Waals surface area contributed by atoms with E-state index in [9.17, 15) is 9.59 Å². The number of likely N-dealkylation sites (tertiary alicyclic amines) is 1. The van der Waals surface area contributed by atoms with Crippen LogP contribution in [0.1, 0.15) is 32.8 Å². The number of nitrogens with one attached hydrogen (secondary N) is 1. The highest BCUT2D eigenvalue weighted by Gasteiger charge is 2.40. The molecular weight excluding hydrogens is 370 g/mol. The predicted molar refractivity (Wildman–Crippen MR) is 108 cm³/mol. The first-order chi connectivity index (χ1) is 14.0. The van der Waals surface area contributed by atoms with E-state index in [1.165, 1.54) is 0 Å². The van der Waals surface area contributed by atoms with Crippen LogP contribution in [0, 0.1) is 11.8 Å². The third-order valence-electron chi connectivity index (χ3n) is 5.28. The molecular formula is C22H25N3O4. The lowest BCUT2D eigenvalue weighted by molar-refractivity contribution is -0.139. The Labute approximate surface area is 169 Å². The summed E-state index contributed by atoms with van der Waals surface area (Å²) in [5.74, 6) is 0.252. The Morgan fingerprint density at radius 2 is 2.14 bits per heavy atom. The number of Topliss-reactive ketones (excluding diaryl/α,β-unsaturated/α-hetero) is 1. The summed E-state index contributed by atoms with van der Waals surface area (Å²) in [5.41, 5.74) is 1.49. The molecule has 1 unspecified atom stereocenters. The topological polar surface area (TPSA) is 84.5 Å². The molecule has 4 rings (SSSR count). The van der Waals surface area contributed by atoms with Crippen LogP contribution in [0.3, 0.4) is 0 Å². The third-order valence-corrected chi connectivity index (χ3v) is 5.28. The van der Waals surface area contributed by atoms with E-state index >= 15 is 0 Å². The zero-order valence-corrected chi connectivity index (χ0v) is 16.9. The molecule has 2 aromatic heterocycles. The van der Waals surface area contributed by atoms with Gasteiger partial charge in [0.05, 0.1) is 6.61 Å². The Bertz CT molecular complexity index is 1010. The van der Waals surface area contributed by atoms with Gasteiger partial charge in [0, 0.05) is 36.4 Å². The molecule has 0 aliphatic carbocycles. The second-order valence-electron chi connectivity index (χ2n) is 7.84. The molecule has 0 amide bonds. The van der Waals surface area contributed by atoms with Gasteiger partial charge in [-0.2, -0.15) is 0 Å². The molecule has 0 spiro atoms. The van der Waals surface area contributed by atoms with Crippen LogP contribution in [0.5, 0.6) is 0 Å². The van der Waals surface area contributed by atoms with Gasteiger partial charge >= 0.3 is 5.97 Å². The van der Waals surface area contributed by atoms with Crippen molar-refractivity contribution < 1.29 is 19.1 Å². The number of hydrogen-bond acceptors (Lipinski definition) is 6. The second kappa shape index (κ2) is 7.73. The minimum atomic E-state index is -0.637. The summed E-state index contributed by atoms with van der Waals surface area (Å²) in [5, 5.41) is 0.878. The van der Waals surface area contributed by atoms with Crippen molar-refractivity contribution in [3.63, 3.8) is 0 Å². The van der Waals surface area contributed by atoms with E-state index in [0.29, 0.717) is 17.7 Å². The number of esters is 1. The van der Waals surface area contributed by atoms with Crippen molar-refractivity contribution >= 4 is 28.9 Å². The molecule has 2 atom stereocenters. The minimum Gasteiger partial charge on any atom is -0.462 e. The fourth-order valence-corrected chi connectivity index (χ4v) is 4.19. The maximum atomic E-state index is 13.1. The van der Waals surface area contributed by atoms with Crippen LogP contribution >= 0.6 is 0 Å². The van der Waals surface area contributed by atoms with Gasteiger partial charge in [-0.25, -0.2) is 9.78 Å². The number of H-pyrrole nitrogens is 1. The monoisotopic (exact) mass is 395 g/mol. The van der Waals surface area contributed by atoms with Gasteiger partial charge in [-0.15, -0.1) is 0 Å². The van der Waals surface area contributed by atoms with Crippen molar-refractivity contribution in [2.24, 2.45) is 11.8 Å². The summed E-state index contributed by atoms with van der Waals surface area (Å²) < 4.78 is 11.2. The molecule has 1 N–H and O–H groups in total. The number of ketones is 1. The fraction of sp³-hybridized carbons (Fsp3) is 0.409. The molecule has 1 fully saturated rings. The highest BCUT2D eigenvalue weighted by Crippen LogP contribution is 2.34. The third kappa shape index (κ3) is 3.64. The number of piperidine rings is 1. The summed E-state index contributed by atoms with van der Waals surface area (Å²) >= 11 is 0. The van der Waals surface area contributed by atoms with Crippen LogP contribution in [0.2, 0.25) is 0 Å². The normalized spacial score (nSPS) is 23.8. The van der Waals surface area contributed by atoms with E-state index in [1.807, 2.05) is 17.0 Å². The first kappa shape index (κ1) is 19.2. The van der Waals surface area contributed by atoms with E-state index < -0.39 is 11.8 Å². The molecule has 0 radical (unpaired) electrons. The molecule has 7 heteroatoms. The standard InChI is InChI=1S/C22H25N3O4/c1-4-28-22(27)18-19(26)17(9-15-10-24-20-16(15)6-5-7-23-20)29-21(18)25-11-13(2)8-14(3)12-25/h5-7,9-10,13-14H,4,8,11-12H2,1-3H3,(H,23,24)/b17-9-/t13-,14?/m0/s1. The van der Waals surface area contributed by atoms with Crippen molar-refractivity contribution in [2.75, 3.05) is 19.7 Å². The van der Waals surface area contributed by atoms with Crippen LogP contribution in [0.25, 0.3) is 17.1 Å². The molecule has 0 bridgehead atoms. The Morgan fingerprint density at radius 1 is 1.38 bits per heavy atom. The first-order valence-corrected chi connectivity index (χ1v) is 10.0. The summed E-state index contributed by atoms with van der Waals surface area (Å²) in [6, 6.07) is 3.75. The van der Waals surface area contributed by atoms with Gasteiger partial charge in [0.1, 0.15) is 5.65 Å². The number of nitrogens with zero attached hydrogens (tertiary/aromatic N) is 2. The fourth-order valence-electron chi connectivity index (χ4n) is 4.19. The van der Waals surface area contributed by atoms with Gasteiger partial charge in [-0.05, 0) is 43.4 Å². The summed E-state index contributed by atoms with van der Waals surface area (Å²) in [7, 11) is 0. The van der Waals surface area contributed by atoms with Crippen LogP contribution < -0.4 is 0 Å². The zero-order valence-electron chi connectivity index (χ0n) is 16.9. The van der Waals surface area contributed by atoms with E-state index in [2.05, 4.69) is 23.8 Å². The number of ether oxygens (including phenoxy) is 2. The number of carbonyl (C=O) groups excluding carboxylic acids is 2. The molecule has 2 aromatic rings. The smallest absolute Gasteiger partial charge is 0.347 e. The van der Waals surface area contributed by atoms with Gasteiger partial charge in [0.15, 0.2) is 11.3 Å². The van der Waals surface area contributed by atoms with E-state index in [1.54, 1.807) is 25.4 Å². The number of carbonyl (C=O) groups is 2. The number of pyridine rings is 1. The van der Waals surface area contributed by atoms with Crippen molar-refractivity contribution in [1.82, 2.24) is 14.9 Å². The molecule has 152 valence electrons. The first-order valence-electron chi connectivity index (χ1n) is 10.0. The van der Waals surface area contributed by atoms with E-state index in [4.69, 9.17) is 9.47 Å². The van der Waals surface area contributed by atoms with Gasteiger partial charge < -0.3 is 19.4 Å². The van der Waals surface area contributed by atoms with Crippen molar-refractivity contribution in [3.8, 4) is 0 Å². The average molecular weight is 395 g/mol. The molecule has 0 aromatic carbocycles. The molecule has 2 aliphatic heterocycles. The molecule has 7 nitrogen and oxygen atoms in total. The largest absolute Gasteiger partial charge is 0.462 e. The molecule has 0 saturated carbocycles. The minimum absolute atomic E-state index is 0.0163. The van der Waals surface area contributed by atoms with Crippen LogP contribution in [0.4, 0.5) is 0 Å². The zero-order chi connectivity index (χ0) is 20.5. The van der Waals surface area contributed by atoms with E-state index in [0.717, 1.165) is 36.1 Å². The number of aromatic amines is 1. The Balaban J connectivity index is 1.71. The van der Waals surface area contributed by atoms with Crippen molar-refractivity contribution in [3.05, 3.63) is 47.3 Å². The van der Waals surface area contributed by atoms with Crippen LogP contribution in [-0.2, 0) is 19.1 Å². The molecule has 2 aliphatic rings. The van der Waals surface area contributed by atoms with E-state index in [-0.39, 0.29) is 17.9 Å². The highest BCUT2D eigenvalue weighted by atomic mass is 16.5. The van der Waals surface area contributed by atoms with Crippen LogP contribution in [0.15, 0.2) is 41.7 Å². The summed E-state index contributed by atoms with van der Waals surface area (Å²) in [4.78, 5) is 35.0. The van der Waals surface area contributed by atoms with Gasteiger partial charge in [0.25, 0.3) is 0 Å². The maximum Gasteiger partial charge on any atom is 0.347 e. The number of fused-ring (bicyclic) bond motifs is 1. The average Bonchev–Trinajstić information content (AvgIpc) is 3.23. The predicted octanol–water partition coefficient (Wildman–Crippen LogP) is 3.26. The van der Waals surface area contributed by atoms with Crippen molar-refractivity contribution in [1.29, 1.82) is 0 Å². The maximum absolute atomic E-state index is 13.1. The Hall–Kier alpha value is -3.09. The molecule has 29 heavy (non-hydrogen) atoms. The van der Waals surface area contributed by atoms with Gasteiger partial charge in [-0.1, -0.05) is 13.8 Å². The summed E-state index contributed by atoms with van der Waals surface area (Å²) in [6.45, 7) is 7.72. The highest BCUT2D eigenvalue weighted by molar-refractivity contribution is 6.26. The quantitative estimate of drug-likeness (QED) is 0.486. The summed E-state index contributed by atoms with van der Waals surface area (Å²) in [6.07, 6.45) is 6.24. The number of aromatic nitrogens is 2. The lowest BCUT2D eigenvalue weighted by Gasteiger charge is -2.36. The van der Waals surface area contributed by atoms with Gasteiger partial charge in [-0.3, -0.25) is 4.79 Å².